The summed E-state index contributed by atoms with van der Waals surface area (Å²) in [5.74, 6) is -0.183. The van der Waals surface area contributed by atoms with Crippen LogP contribution in [0.3, 0.4) is 0 Å². The second kappa shape index (κ2) is 7.22. The Hall–Kier alpha value is -2.14. The molecule has 2 aromatic rings. The molecule has 0 fully saturated rings. The van der Waals surface area contributed by atoms with E-state index in [0.717, 1.165) is 23.5 Å². The van der Waals surface area contributed by atoms with E-state index in [0.29, 0.717) is 13.1 Å². The van der Waals surface area contributed by atoms with Crippen LogP contribution in [0.4, 0.5) is 0 Å². The van der Waals surface area contributed by atoms with Crippen LogP contribution in [0.25, 0.3) is 0 Å². The molecule has 0 bridgehead atoms. The molecule has 0 aliphatic rings. The highest BCUT2D eigenvalue weighted by Crippen LogP contribution is 2.14. The lowest BCUT2D eigenvalue weighted by molar-refractivity contribution is -0.124. The standard InChI is InChI=1S/C17H24N4O/c1-12(9-18)17(22)19-10-16-13(2)20-21(14(16)3)11-15-7-5-4-6-8-15/h4-8,12H,9-11,18H2,1-3H3,(H,19,22). The third-order valence-electron chi connectivity index (χ3n) is 3.95. The van der Waals surface area contributed by atoms with E-state index >= 15 is 0 Å². The molecule has 3 N–H and O–H groups in total. The number of hydrogen-bond donors (Lipinski definition) is 2. The van der Waals surface area contributed by atoms with E-state index in [2.05, 4.69) is 22.5 Å². The van der Waals surface area contributed by atoms with Crippen molar-refractivity contribution in [3.8, 4) is 0 Å². The van der Waals surface area contributed by atoms with E-state index in [1.807, 2.05) is 43.7 Å². The Morgan fingerprint density at radius 1 is 1.32 bits per heavy atom. The van der Waals surface area contributed by atoms with Gasteiger partial charge in [0.2, 0.25) is 5.91 Å². The summed E-state index contributed by atoms with van der Waals surface area (Å²) in [6, 6.07) is 10.2. The molecule has 0 aliphatic heterocycles. The highest BCUT2D eigenvalue weighted by atomic mass is 16.1. The second-order valence-corrected chi connectivity index (χ2v) is 5.65. The number of rotatable bonds is 6. The topological polar surface area (TPSA) is 72.9 Å². The van der Waals surface area contributed by atoms with Crippen molar-refractivity contribution in [3.63, 3.8) is 0 Å². The number of benzene rings is 1. The molecule has 1 amide bonds. The Morgan fingerprint density at radius 3 is 2.64 bits per heavy atom. The average Bonchev–Trinajstić information content (AvgIpc) is 2.79. The average molecular weight is 300 g/mol. The Bertz CT molecular complexity index is 634. The lowest BCUT2D eigenvalue weighted by atomic mass is 10.1. The summed E-state index contributed by atoms with van der Waals surface area (Å²) in [6.07, 6.45) is 0. The number of carbonyl (C=O) groups excluding carboxylic acids is 1. The van der Waals surface area contributed by atoms with Gasteiger partial charge in [0.15, 0.2) is 0 Å². The highest BCUT2D eigenvalue weighted by Gasteiger charge is 2.15. The molecule has 0 saturated carbocycles. The van der Waals surface area contributed by atoms with Crippen LogP contribution < -0.4 is 11.1 Å². The van der Waals surface area contributed by atoms with E-state index < -0.39 is 0 Å². The summed E-state index contributed by atoms with van der Waals surface area (Å²) in [4.78, 5) is 11.8. The van der Waals surface area contributed by atoms with Crippen molar-refractivity contribution in [2.75, 3.05) is 6.54 Å². The smallest absolute Gasteiger partial charge is 0.224 e. The molecule has 0 radical (unpaired) electrons. The molecule has 1 unspecified atom stereocenters. The van der Waals surface area contributed by atoms with E-state index in [9.17, 15) is 4.79 Å². The molecule has 2 rings (SSSR count). The van der Waals surface area contributed by atoms with Gasteiger partial charge in [0.25, 0.3) is 0 Å². The summed E-state index contributed by atoms with van der Waals surface area (Å²) >= 11 is 0. The zero-order chi connectivity index (χ0) is 16.1. The van der Waals surface area contributed by atoms with Gasteiger partial charge in [-0.05, 0) is 19.4 Å². The van der Waals surface area contributed by atoms with Crippen molar-refractivity contribution in [2.24, 2.45) is 11.7 Å². The summed E-state index contributed by atoms with van der Waals surface area (Å²) in [7, 11) is 0. The third-order valence-corrected chi connectivity index (χ3v) is 3.95. The molecule has 0 aliphatic carbocycles. The van der Waals surface area contributed by atoms with Crippen molar-refractivity contribution >= 4 is 5.91 Å². The number of nitrogens with two attached hydrogens (primary N) is 1. The minimum Gasteiger partial charge on any atom is -0.352 e. The molecular weight excluding hydrogens is 276 g/mol. The van der Waals surface area contributed by atoms with Gasteiger partial charge in [-0.2, -0.15) is 5.10 Å². The number of hydrogen-bond acceptors (Lipinski definition) is 3. The number of carbonyl (C=O) groups is 1. The lowest BCUT2D eigenvalue weighted by Crippen LogP contribution is -2.33. The predicted molar refractivity (Wildman–Crippen MR) is 87.3 cm³/mol. The fourth-order valence-corrected chi connectivity index (χ4v) is 2.36. The third kappa shape index (κ3) is 3.74. The van der Waals surface area contributed by atoms with Crippen molar-refractivity contribution in [2.45, 2.75) is 33.9 Å². The van der Waals surface area contributed by atoms with Crippen LogP contribution in [-0.4, -0.2) is 22.2 Å². The summed E-state index contributed by atoms with van der Waals surface area (Å²) in [6.45, 7) is 7.43. The van der Waals surface area contributed by atoms with E-state index in [-0.39, 0.29) is 11.8 Å². The summed E-state index contributed by atoms with van der Waals surface area (Å²) < 4.78 is 1.98. The summed E-state index contributed by atoms with van der Waals surface area (Å²) in [5, 5.41) is 7.53. The molecule has 22 heavy (non-hydrogen) atoms. The van der Waals surface area contributed by atoms with Gasteiger partial charge in [-0.15, -0.1) is 0 Å². The van der Waals surface area contributed by atoms with Crippen LogP contribution in [-0.2, 0) is 17.9 Å². The first-order valence-electron chi connectivity index (χ1n) is 7.57. The van der Waals surface area contributed by atoms with Crippen LogP contribution in [0.5, 0.6) is 0 Å². The molecule has 1 aromatic carbocycles. The SMILES string of the molecule is Cc1nn(Cc2ccccc2)c(C)c1CNC(=O)C(C)CN. The normalized spacial score (nSPS) is 12.2. The Labute approximate surface area is 131 Å². The van der Waals surface area contributed by atoms with Crippen molar-refractivity contribution in [3.05, 3.63) is 52.8 Å². The molecule has 5 nitrogen and oxygen atoms in total. The maximum absolute atomic E-state index is 11.8. The van der Waals surface area contributed by atoms with Gasteiger partial charge < -0.3 is 11.1 Å². The maximum atomic E-state index is 11.8. The molecule has 1 heterocycles. The van der Waals surface area contributed by atoms with Crippen LogP contribution in [0.2, 0.25) is 0 Å². The van der Waals surface area contributed by atoms with Crippen LogP contribution in [0.15, 0.2) is 30.3 Å². The first-order chi connectivity index (χ1) is 10.5. The first kappa shape index (κ1) is 16.2. The monoisotopic (exact) mass is 300 g/mol. The Morgan fingerprint density at radius 2 is 2.00 bits per heavy atom. The maximum Gasteiger partial charge on any atom is 0.224 e. The zero-order valence-electron chi connectivity index (χ0n) is 13.5. The summed E-state index contributed by atoms with van der Waals surface area (Å²) in [5.41, 5.74) is 9.84. The molecule has 0 saturated heterocycles. The van der Waals surface area contributed by atoms with Crippen LogP contribution in [0.1, 0.15) is 29.4 Å². The van der Waals surface area contributed by atoms with Gasteiger partial charge in [0, 0.05) is 30.3 Å². The largest absolute Gasteiger partial charge is 0.352 e. The van der Waals surface area contributed by atoms with E-state index in [1.165, 1.54) is 5.56 Å². The molecular formula is C17H24N4O. The molecule has 1 atom stereocenters. The van der Waals surface area contributed by atoms with Gasteiger partial charge in [0.1, 0.15) is 0 Å². The number of nitrogens with zero attached hydrogens (tertiary/aromatic N) is 2. The number of aryl methyl sites for hydroxylation is 1. The predicted octanol–water partition coefficient (Wildman–Crippen LogP) is 1.76. The van der Waals surface area contributed by atoms with Crippen LogP contribution in [0, 0.1) is 19.8 Å². The fraction of sp³-hybridized carbons (Fsp3) is 0.412. The second-order valence-electron chi connectivity index (χ2n) is 5.65. The molecule has 1 aromatic heterocycles. The van der Waals surface area contributed by atoms with Crippen LogP contribution >= 0.6 is 0 Å². The van der Waals surface area contributed by atoms with Gasteiger partial charge >= 0.3 is 0 Å². The van der Waals surface area contributed by atoms with Gasteiger partial charge in [-0.25, -0.2) is 0 Å². The number of aromatic nitrogens is 2. The van der Waals surface area contributed by atoms with Gasteiger partial charge in [-0.3, -0.25) is 9.48 Å². The number of nitrogens with one attached hydrogen (secondary N) is 1. The van der Waals surface area contributed by atoms with E-state index in [4.69, 9.17) is 5.73 Å². The van der Waals surface area contributed by atoms with E-state index in [1.54, 1.807) is 0 Å². The number of amides is 1. The Kier molecular flexibility index (Phi) is 5.33. The molecule has 118 valence electrons. The first-order valence-corrected chi connectivity index (χ1v) is 7.57. The minimum absolute atomic E-state index is 0.0166. The van der Waals surface area contributed by atoms with Crippen molar-refractivity contribution in [1.82, 2.24) is 15.1 Å². The lowest BCUT2D eigenvalue weighted by Gasteiger charge is -2.10. The Balaban J connectivity index is 2.09. The fourth-order valence-electron chi connectivity index (χ4n) is 2.36. The van der Waals surface area contributed by atoms with Crippen molar-refractivity contribution < 1.29 is 4.79 Å². The molecule has 0 spiro atoms. The highest BCUT2D eigenvalue weighted by molar-refractivity contribution is 5.78. The van der Waals surface area contributed by atoms with Gasteiger partial charge in [-0.1, -0.05) is 37.3 Å². The minimum atomic E-state index is -0.167. The quantitative estimate of drug-likeness (QED) is 0.854. The zero-order valence-corrected chi connectivity index (χ0v) is 13.5. The molecule has 5 heteroatoms. The van der Waals surface area contributed by atoms with Gasteiger partial charge in [0.05, 0.1) is 12.2 Å². The van der Waals surface area contributed by atoms with Crippen molar-refractivity contribution in [1.29, 1.82) is 0 Å².